The molecule has 1 aliphatic carbocycles. The van der Waals surface area contributed by atoms with Crippen LogP contribution in [0.3, 0.4) is 0 Å². The summed E-state index contributed by atoms with van der Waals surface area (Å²) in [5.41, 5.74) is 1.89. The van der Waals surface area contributed by atoms with E-state index in [1.54, 1.807) is 0 Å². The molecule has 0 bridgehead atoms. The molecule has 0 radical (unpaired) electrons. The van der Waals surface area contributed by atoms with Crippen molar-refractivity contribution in [2.24, 2.45) is 11.8 Å². The van der Waals surface area contributed by atoms with E-state index >= 15 is 0 Å². The zero-order valence-electron chi connectivity index (χ0n) is 17.2. The SMILES string of the molecule is O=C(OCc1ccccc1)[C@H]1CN(C2CCCC2)C[C@@H]1C(=O)OCc1ccccc1. The number of ether oxygens (including phenoxy) is 2. The fraction of sp³-hybridized carbons (Fsp3) is 0.440. The fourth-order valence-corrected chi connectivity index (χ4v) is 4.55. The molecule has 158 valence electrons. The molecule has 0 spiro atoms. The van der Waals surface area contributed by atoms with Crippen LogP contribution in [0, 0.1) is 11.8 Å². The largest absolute Gasteiger partial charge is 0.461 e. The van der Waals surface area contributed by atoms with Crippen LogP contribution in [0.1, 0.15) is 36.8 Å². The first kappa shape index (κ1) is 20.6. The molecule has 1 heterocycles. The topological polar surface area (TPSA) is 55.8 Å². The molecule has 2 fully saturated rings. The van der Waals surface area contributed by atoms with E-state index in [1.807, 2.05) is 60.7 Å². The first-order chi connectivity index (χ1) is 14.7. The van der Waals surface area contributed by atoms with Gasteiger partial charge in [-0.3, -0.25) is 14.5 Å². The zero-order chi connectivity index (χ0) is 20.8. The number of hydrogen-bond donors (Lipinski definition) is 0. The van der Waals surface area contributed by atoms with Gasteiger partial charge in [-0.1, -0.05) is 73.5 Å². The van der Waals surface area contributed by atoms with Crippen molar-refractivity contribution in [2.75, 3.05) is 13.1 Å². The number of benzene rings is 2. The summed E-state index contributed by atoms with van der Waals surface area (Å²) < 4.78 is 11.2. The van der Waals surface area contributed by atoms with E-state index in [9.17, 15) is 9.59 Å². The van der Waals surface area contributed by atoms with Gasteiger partial charge in [0.05, 0.1) is 11.8 Å². The van der Waals surface area contributed by atoms with Gasteiger partial charge in [0, 0.05) is 19.1 Å². The molecule has 0 aromatic heterocycles. The van der Waals surface area contributed by atoms with Gasteiger partial charge in [-0.15, -0.1) is 0 Å². The Labute approximate surface area is 178 Å². The van der Waals surface area contributed by atoms with Gasteiger partial charge in [0.2, 0.25) is 0 Å². The van der Waals surface area contributed by atoms with Crippen molar-refractivity contribution in [1.82, 2.24) is 4.90 Å². The third-order valence-electron chi connectivity index (χ3n) is 6.24. The van der Waals surface area contributed by atoms with E-state index in [0.717, 1.165) is 24.0 Å². The standard InChI is InChI=1S/C25H29NO4/c27-24(29-17-19-9-3-1-4-10-19)22-15-26(21-13-7-8-14-21)16-23(22)25(28)30-18-20-11-5-2-6-12-20/h1-6,9-12,21-23H,7-8,13-18H2/t22-,23-/m0/s1. The number of carbonyl (C=O) groups excluding carboxylic acids is 2. The Morgan fingerprint density at radius 2 is 1.17 bits per heavy atom. The predicted molar refractivity (Wildman–Crippen MR) is 113 cm³/mol. The Balaban J connectivity index is 1.40. The molecule has 30 heavy (non-hydrogen) atoms. The Bertz CT molecular complexity index is 769. The molecule has 2 atom stereocenters. The van der Waals surface area contributed by atoms with Gasteiger partial charge in [0.15, 0.2) is 0 Å². The summed E-state index contributed by atoms with van der Waals surface area (Å²) in [4.78, 5) is 28.1. The van der Waals surface area contributed by atoms with Gasteiger partial charge >= 0.3 is 11.9 Å². The Hall–Kier alpha value is -2.66. The minimum absolute atomic E-state index is 0.228. The quantitative estimate of drug-likeness (QED) is 0.650. The molecule has 2 aromatic rings. The molecule has 5 heteroatoms. The lowest BCUT2D eigenvalue weighted by Crippen LogP contribution is -2.32. The minimum Gasteiger partial charge on any atom is -0.461 e. The summed E-state index contributed by atoms with van der Waals surface area (Å²) in [5, 5.41) is 0. The Morgan fingerprint density at radius 3 is 1.60 bits per heavy atom. The van der Waals surface area contributed by atoms with E-state index in [-0.39, 0.29) is 25.2 Å². The van der Waals surface area contributed by atoms with Crippen molar-refractivity contribution in [3.63, 3.8) is 0 Å². The van der Waals surface area contributed by atoms with Crippen molar-refractivity contribution in [3.8, 4) is 0 Å². The molecule has 0 N–H and O–H groups in total. The molecular weight excluding hydrogens is 378 g/mol. The number of rotatable bonds is 7. The number of esters is 2. The molecule has 0 amide bonds. The number of nitrogens with zero attached hydrogens (tertiary/aromatic N) is 1. The normalized spacial score (nSPS) is 22.1. The highest BCUT2D eigenvalue weighted by molar-refractivity contribution is 5.83. The second-order valence-electron chi connectivity index (χ2n) is 8.29. The van der Waals surface area contributed by atoms with Crippen LogP contribution in [-0.4, -0.2) is 36.0 Å². The third kappa shape index (κ3) is 5.08. The first-order valence-corrected chi connectivity index (χ1v) is 10.9. The van der Waals surface area contributed by atoms with E-state index < -0.39 is 11.8 Å². The lowest BCUT2D eigenvalue weighted by atomic mass is 9.96. The minimum atomic E-state index is -0.474. The maximum absolute atomic E-state index is 12.9. The van der Waals surface area contributed by atoms with E-state index in [0.29, 0.717) is 19.1 Å². The van der Waals surface area contributed by atoms with Gasteiger partial charge < -0.3 is 9.47 Å². The monoisotopic (exact) mass is 407 g/mol. The Morgan fingerprint density at radius 1 is 0.733 bits per heavy atom. The van der Waals surface area contributed by atoms with Crippen LogP contribution in [-0.2, 0) is 32.3 Å². The highest BCUT2D eigenvalue weighted by atomic mass is 16.5. The maximum atomic E-state index is 12.9. The summed E-state index contributed by atoms with van der Waals surface area (Å²) >= 11 is 0. The van der Waals surface area contributed by atoms with E-state index in [4.69, 9.17) is 9.47 Å². The van der Waals surface area contributed by atoms with E-state index in [2.05, 4.69) is 4.90 Å². The molecule has 2 aromatic carbocycles. The predicted octanol–water partition coefficient (Wildman–Crippen LogP) is 3.96. The van der Waals surface area contributed by atoms with E-state index in [1.165, 1.54) is 12.8 Å². The Kier molecular flexibility index (Phi) is 6.80. The third-order valence-corrected chi connectivity index (χ3v) is 6.24. The number of likely N-dealkylation sites (tertiary alicyclic amines) is 1. The number of carbonyl (C=O) groups is 2. The van der Waals surface area contributed by atoms with Crippen molar-refractivity contribution in [2.45, 2.75) is 44.9 Å². The van der Waals surface area contributed by atoms with Gasteiger partial charge in [-0.25, -0.2) is 0 Å². The van der Waals surface area contributed by atoms with Crippen LogP contribution in [0.15, 0.2) is 60.7 Å². The smallest absolute Gasteiger partial charge is 0.311 e. The van der Waals surface area contributed by atoms with Crippen molar-refractivity contribution >= 4 is 11.9 Å². The molecule has 0 unspecified atom stereocenters. The molecule has 2 aliphatic rings. The van der Waals surface area contributed by atoms with Crippen LogP contribution in [0.5, 0.6) is 0 Å². The van der Waals surface area contributed by atoms with Gasteiger partial charge in [-0.05, 0) is 24.0 Å². The number of hydrogen-bond acceptors (Lipinski definition) is 5. The highest BCUT2D eigenvalue weighted by Gasteiger charge is 2.45. The zero-order valence-corrected chi connectivity index (χ0v) is 17.2. The summed E-state index contributed by atoms with van der Waals surface area (Å²) in [6.07, 6.45) is 4.70. The molecular formula is C25H29NO4. The average molecular weight is 408 g/mol. The summed E-state index contributed by atoms with van der Waals surface area (Å²) in [6, 6.07) is 19.7. The van der Waals surface area contributed by atoms with Gasteiger partial charge in [0.25, 0.3) is 0 Å². The van der Waals surface area contributed by atoms with Crippen molar-refractivity contribution < 1.29 is 19.1 Å². The fourth-order valence-electron chi connectivity index (χ4n) is 4.55. The molecule has 4 rings (SSSR count). The average Bonchev–Trinajstić information content (AvgIpc) is 3.47. The second-order valence-corrected chi connectivity index (χ2v) is 8.29. The summed E-state index contributed by atoms with van der Waals surface area (Å²) in [7, 11) is 0. The van der Waals surface area contributed by atoms with Crippen LogP contribution in [0.4, 0.5) is 0 Å². The molecule has 1 saturated carbocycles. The van der Waals surface area contributed by atoms with Gasteiger partial charge in [0.1, 0.15) is 13.2 Å². The van der Waals surface area contributed by atoms with Crippen LogP contribution >= 0.6 is 0 Å². The molecule has 1 saturated heterocycles. The van der Waals surface area contributed by atoms with Crippen LogP contribution < -0.4 is 0 Å². The van der Waals surface area contributed by atoms with Crippen LogP contribution in [0.2, 0.25) is 0 Å². The summed E-state index contributed by atoms with van der Waals surface area (Å²) in [6.45, 7) is 1.60. The van der Waals surface area contributed by atoms with Crippen LogP contribution in [0.25, 0.3) is 0 Å². The summed E-state index contributed by atoms with van der Waals surface area (Å²) in [5.74, 6) is -1.56. The second kappa shape index (κ2) is 9.90. The lowest BCUT2D eigenvalue weighted by Gasteiger charge is -2.23. The maximum Gasteiger partial charge on any atom is 0.311 e. The van der Waals surface area contributed by atoms with Gasteiger partial charge in [-0.2, -0.15) is 0 Å². The molecule has 5 nitrogen and oxygen atoms in total. The lowest BCUT2D eigenvalue weighted by molar-refractivity contribution is -0.160. The van der Waals surface area contributed by atoms with Crippen molar-refractivity contribution in [3.05, 3.63) is 71.8 Å². The molecule has 1 aliphatic heterocycles. The highest BCUT2D eigenvalue weighted by Crippen LogP contribution is 2.33. The first-order valence-electron chi connectivity index (χ1n) is 10.9. The van der Waals surface area contributed by atoms with Crippen molar-refractivity contribution in [1.29, 1.82) is 0 Å².